The quantitative estimate of drug-likeness (QED) is 0.571. The van der Waals surface area contributed by atoms with E-state index in [1.165, 1.54) is 5.56 Å². The number of aliphatic hydroxyl groups excluding tert-OH is 1. The number of amides is 1. The number of likely N-dealkylation sites (tertiary alicyclic amines) is 1. The van der Waals surface area contributed by atoms with E-state index in [-0.39, 0.29) is 17.9 Å². The highest BCUT2D eigenvalue weighted by atomic mass is 35.5. The van der Waals surface area contributed by atoms with Gasteiger partial charge < -0.3 is 10.0 Å². The van der Waals surface area contributed by atoms with E-state index in [2.05, 4.69) is 21.9 Å². The number of benzene rings is 3. The van der Waals surface area contributed by atoms with Gasteiger partial charge in [0, 0.05) is 50.8 Å². The zero-order chi connectivity index (χ0) is 24.2. The molecule has 2 fully saturated rings. The summed E-state index contributed by atoms with van der Waals surface area (Å²) in [6.07, 6.45) is -0.533. The largest absolute Gasteiger partial charge is 0.390 e. The molecule has 2 heterocycles. The van der Waals surface area contributed by atoms with E-state index in [4.69, 9.17) is 11.6 Å². The molecule has 5 rings (SSSR count). The van der Waals surface area contributed by atoms with Gasteiger partial charge in [0.2, 0.25) is 5.91 Å². The predicted octanol–water partition coefficient (Wildman–Crippen LogP) is 3.86. The highest BCUT2D eigenvalue weighted by molar-refractivity contribution is 6.30. The van der Waals surface area contributed by atoms with Gasteiger partial charge in [-0.2, -0.15) is 0 Å². The third-order valence-electron chi connectivity index (χ3n) is 7.28. The molecule has 2 unspecified atom stereocenters. The van der Waals surface area contributed by atoms with E-state index in [0.29, 0.717) is 13.1 Å². The summed E-state index contributed by atoms with van der Waals surface area (Å²) in [5.41, 5.74) is 3.23. The Hall–Kier alpha value is -2.70. The van der Waals surface area contributed by atoms with Gasteiger partial charge in [-0.05, 0) is 28.8 Å². The lowest BCUT2D eigenvalue weighted by Crippen LogP contribution is -2.53. The van der Waals surface area contributed by atoms with Crippen LogP contribution in [0.2, 0.25) is 5.02 Å². The average molecular weight is 490 g/mol. The molecule has 1 amide bonds. The molecule has 2 saturated heterocycles. The van der Waals surface area contributed by atoms with E-state index in [0.717, 1.165) is 48.9 Å². The molecule has 0 bridgehead atoms. The summed E-state index contributed by atoms with van der Waals surface area (Å²) in [6.45, 7) is 5.50. The van der Waals surface area contributed by atoms with Crippen LogP contribution in [0.4, 0.5) is 0 Å². The number of rotatable bonds is 6. The van der Waals surface area contributed by atoms with Crippen molar-refractivity contribution < 1.29 is 9.90 Å². The van der Waals surface area contributed by atoms with Crippen LogP contribution in [0.1, 0.15) is 22.6 Å². The minimum Gasteiger partial charge on any atom is -0.390 e. The standard InChI is InChI=1S/C29H32ClN3O2/c30-25-13-11-22(12-14-25)19-31-15-17-32(18-16-31)26-20-33(21-27(26)34)29(35)28(23-7-3-1-4-8-23)24-9-5-2-6-10-24/h1-14,26-28,34H,15-21H2. The van der Waals surface area contributed by atoms with Crippen LogP contribution >= 0.6 is 11.6 Å². The lowest BCUT2D eigenvalue weighted by molar-refractivity contribution is -0.131. The van der Waals surface area contributed by atoms with E-state index in [1.54, 1.807) is 0 Å². The SMILES string of the molecule is O=C(C(c1ccccc1)c1ccccc1)N1CC(O)C(N2CCN(Cc3ccc(Cl)cc3)CC2)C1. The monoisotopic (exact) mass is 489 g/mol. The molecule has 0 spiro atoms. The Bertz CT molecular complexity index is 1060. The molecular weight excluding hydrogens is 458 g/mol. The fourth-order valence-electron chi connectivity index (χ4n) is 5.36. The van der Waals surface area contributed by atoms with E-state index >= 15 is 0 Å². The van der Waals surface area contributed by atoms with Crippen LogP contribution in [0.25, 0.3) is 0 Å². The van der Waals surface area contributed by atoms with Crippen LogP contribution in [0.3, 0.4) is 0 Å². The van der Waals surface area contributed by atoms with Crippen LogP contribution in [0.15, 0.2) is 84.9 Å². The molecule has 182 valence electrons. The lowest BCUT2D eigenvalue weighted by atomic mass is 9.90. The molecule has 2 aliphatic heterocycles. The van der Waals surface area contributed by atoms with Gasteiger partial charge in [0.05, 0.1) is 18.1 Å². The van der Waals surface area contributed by atoms with Gasteiger partial charge in [-0.25, -0.2) is 0 Å². The van der Waals surface area contributed by atoms with Crippen LogP contribution in [-0.2, 0) is 11.3 Å². The third-order valence-corrected chi connectivity index (χ3v) is 7.53. The molecule has 1 N–H and O–H groups in total. The number of nitrogens with zero attached hydrogens (tertiary/aromatic N) is 3. The van der Waals surface area contributed by atoms with Crippen molar-refractivity contribution in [1.82, 2.24) is 14.7 Å². The van der Waals surface area contributed by atoms with Crippen molar-refractivity contribution in [2.45, 2.75) is 24.6 Å². The van der Waals surface area contributed by atoms with Gasteiger partial charge in [-0.1, -0.05) is 84.4 Å². The summed E-state index contributed by atoms with van der Waals surface area (Å²) >= 11 is 6.01. The van der Waals surface area contributed by atoms with Gasteiger partial charge in [0.15, 0.2) is 0 Å². The second kappa shape index (κ2) is 10.9. The molecule has 6 heteroatoms. The van der Waals surface area contributed by atoms with E-state index < -0.39 is 6.10 Å². The molecule has 5 nitrogen and oxygen atoms in total. The van der Waals surface area contributed by atoms with Gasteiger partial charge in [0.1, 0.15) is 0 Å². The Labute approximate surface area is 212 Å². The number of halogens is 1. The Kier molecular flexibility index (Phi) is 7.49. The number of hydrogen-bond acceptors (Lipinski definition) is 4. The minimum absolute atomic E-state index is 0.0242. The normalized spacial score (nSPS) is 21.5. The molecule has 0 saturated carbocycles. The summed E-state index contributed by atoms with van der Waals surface area (Å²) in [4.78, 5) is 20.4. The van der Waals surface area contributed by atoms with Crippen molar-refractivity contribution in [3.8, 4) is 0 Å². The summed E-state index contributed by atoms with van der Waals surface area (Å²) in [7, 11) is 0. The zero-order valence-corrected chi connectivity index (χ0v) is 20.6. The molecule has 3 aromatic rings. The second-order valence-corrected chi connectivity index (χ2v) is 10.0. The van der Waals surface area contributed by atoms with Crippen molar-refractivity contribution in [2.24, 2.45) is 0 Å². The summed E-state index contributed by atoms with van der Waals surface area (Å²) < 4.78 is 0. The Morgan fingerprint density at radius 1 is 0.829 bits per heavy atom. The maximum Gasteiger partial charge on any atom is 0.234 e. The van der Waals surface area contributed by atoms with Gasteiger partial charge in [-0.15, -0.1) is 0 Å². The molecule has 2 atom stereocenters. The van der Waals surface area contributed by atoms with Crippen molar-refractivity contribution in [3.63, 3.8) is 0 Å². The summed E-state index contributed by atoms with van der Waals surface area (Å²) in [5.74, 6) is -0.301. The maximum absolute atomic E-state index is 13.8. The molecule has 35 heavy (non-hydrogen) atoms. The first-order valence-electron chi connectivity index (χ1n) is 12.4. The van der Waals surface area contributed by atoms with Gasteiger partial charge in [-0.3, -0.25) is 14.6 Å². The Balaban J connectivity index is 1.23. The molecule has 0 aliphatic carbocycles. The predicted molar refractivity (Wildman–Crippen MR) is 139 cm³/mol. The van der Waals surface area contributed by atoms with Crippen LogP contribution in [0, 0.1) is 0 Å². The van der Waals surface area contributed by atoms with Crippen LogP contribution in [0.5, 0.6) is 0 Å². The Morgan fingerprint density at radius 3 is 1.97 bits per heavy atom. The number of piperazine rings is 1. The number of carbonyl (C=O) groups excluding carboxylic acids is 1. The third kappa shape index (κ3) is 5.60. The topological polar surface area (TPSA) is 47.0 Å². The number of β-amino-alcohol motifs (C(OH)–C–C–N with tert-alkyl or cyclic N) is 1. The smallest absolute Gasteiger partial charge is 0.234 e. The van der Waals surface area contributed by atoms with Crippen molar-refractivity contribution in [1.29, 1.82) is 0 Å². The molecular formula is C29H32ClN3O2. The lowest BCUT2D eigenvalue weighted by Gasteiger charge is -2.38. The first-order chi connectivity index (χ1) is 17.1. The van der Waals surface area contributed by atoms with E-state index in [9.17, 15) is 9.90 Å². The first kappa shape index (κ1) is 24.0. The maximum atomic E-state index is 13.8. The number of hydrogen-bond donors (Lipinski definition) is 1. The molecule has 3 aromatic carbocycles. The number of aliphatic hydroxyl groups is 1. The minimum atomic E-state index is -0.533. The fourth-order valence-corrected chi connectivity index (χ4v) is 5.49. The van der Waals surface area contributed by atoms with Crippen molar-refractivity contribution in [3.05, 3.63) is 107 Å². The fraction of sp³-hybridized carbons (Fsp3) is 0.345. The number of carbonyl (C=O) groups is 1. The van der Waals surface area contributed by atoms with Crippen molar-refractivity contribution in [2.75, 3.05) is 39.3 Å². The van der Waals surface area contributed by atoms with Crippen LogP contribution < -0.4 is 0 Å². The summed E-state index contributed by atoms with van der Waals surface area (Å²) in [5, 5.41) is 11.7. The van der Waals surface area contributed by atoms with Crippen molar-refractivity contribution >= 4 is 17.5 Å². The highest BCUT2D eigenvalue weighted by Crippen LogP contribution is 2.29. The van der Waals surface area contributed by atoms with Crippen LogP contribution in [-0.4, -0.2) is 77.1 Å². The summed E-state index contributed by atoms with van der Waals surface area (Å²) in [6, 6.07) is 27.9. The first-order valence-corrected chi connectivity index (χ1v) is 12.7. The zero-order valence-electron chi connectivity index (χ0n) is 19.8. The molecule has 0 aromatic heterocycles. The van der Waals surface area contributed by atoms with Gasteiger partial charge in [0.25, 0.3) is 0 Å². The van der Waals surface area contributed by atoms with Gasteiger partial charge >= 0.3 is 0 Å². The average Bonchev–Trinajstić information content (AvgIpc) is 3.29. The van der Waals surface area contributed by atoms with E-state index in [1.807, 2.05) is 77.7 Å². The molecule has 0 radical (unpaired) electrons. The second-order valence-electron chi connectivity index (χ2n) is 9.57. The highest BCUT2D eigenvalue weighted by Gasteiger charge is 2.40. The molecule has 2 aliphatic rings. The Morgan fingerprint density at radius 2 is 1.40 bits per heavy atom.